The van der Waals surface area contributed by atoms with Gasteiger partial charge in [0, 0.05) is 16.1 Å². The maximum atomic E-state index is 12.7. The molecule has 6 heteroatoms. The summed E-state index contributed by atoms with van der Waals surface area (Å²) in [6.07, 6.45) is 3.04. The fraction of sp³-hybridized carbons (Fsp3) is 0. The summed E-state index contributed by atoms with van der Waals surface area (Å²) in [5, 5.41) is 8.38. The molecule has 1 aromatic heterocycles. The van der Waals surface area contributed by atoms with Crippen LogP contribution >= 0.6 is 23.2 Å². The van der Waals surface area contributed by atoms with E-state index in [9.17, 15) is 4.79 Å². The summed E-state index contributed by atoms with van der Waals surface area (Å²) in [5.41, 5.74) is 1.51. The number of benzene rings is 2. The number of hydrogen-bond acceptors (Lipinski definition) is 3. The molecule has 21 heavy (non-hydrogen) atoms. The number of carbonyl (C=O) groups excluding carboxylic acids is 1. The van der Waals surface area contributed by atoms with Crippen molar-refractivity contribution in [1.82, 2.24) is 14.8 Å². The molecule has 0 spiro atoms. The Bertz CT molecular complexity index is 800. The Morgan fingerprint density at radius 2 is 1.67 bits per heavy atom. The molecule has 0 saturated carbocycles. The molecular weight excluding hydrogens is 309 g/mol. The van der Waals surface area contributed by atoms with E-state index in [1.807, 2.05) is 0 Å². The number of hydrogen-bond donors (Lipinski definition) is 0. The molecule has 0 aliphatic heterocycles. The highest BCUT2D eigenvalue weighted by atomic mass is 35.5. The summed E-state index contributed by atoms with van der Waals surface area (Å²) in [6.45, 7) is 0. The predicted molar refractivity (Wildman–Crippen MR) is 81.3 cm³/mol. The van der Waals surface area contributed by atoms with Gasteiger partial charge in [-0.1, -0.05) is 35.3 Å². The van der Waals surface area contributed by atoms with Gasteiger partial charge in [0.25, 0.3) is 0 Å². The molecule has 0 bridgehead atoms. The van der Waals surface area contributed by atoms with E-state index >= 15 is 0 Å². The van der Waals surface area contributed by atoms with Crippen molar-refractivity contribution in [2.24, 2.45) is 0 Å². The molecule has 0 amide bonds. The van der Waals surface area contributed by atoms with Gasteiger partial charge < -0.3 is 0 Å². The third-order valence-corrected chi connectivity index (χ3v) is 3.58. The lowest BCUT2D eigenvalue weighted by Crippen LogP contribution is -2.07. The quantitative estimate of drug-likeness (QED) is 0.690. The first-order valence-electron chi connectivity index (χ1n) is 6.10. The van der Waals surface area contributed by atoms with Crippen LogP contribution in [-0.2, 0) is 0 Å². The summed E-state index contributed by atoms with van der Waals surface area (Å²) in [7, 11) is 0. The van der Waals surface area contributed by atoms with Crippen molar-refractivity contribution in [2.45, 2.75) is 0 Å². The molecule has 0 aliphatic carbocycles. The zero-order chi connectivity index (χ0) is 14.8. The SMILES string of the molecule is O=C(c1ccccc1Cl)c1cc(Cl)ccc1-n1cnnc1. The molecule has 104 valence electrons. The van der Waals surface area contributed by atoms with E-state index in [2.05, 4.69) is 10.2 Å². The average molecular weight is 318 g/mol. The van der Waals surface area contributed by atoms with Gasteiger partial charge in [-0.25, -0.2) is 0 Å². The number of aromatic nitrogens is 3. The van der Waals surface area contributed by atoms with E-state index < -0.39 is 0 Å². The van der Waals surface area contributed by atoms with Crippen LogP contribution in [0.1, 0.15) is 15.9 Å². The van der Waals surface area contributed by atoms with Crippen molar-refractivity contribution in [2.75, 3.05) is 0 Å². The fourth-order valence-electron chi connectivity index (χ4n) is 2.03. The van der Waals surface area contributed by atoms with Gasteiger partial charge in [0.1, 0.15) is 12.7 Å². The molecule has 3 aromatic rings. The smallest absolute Gasteiger partial charge is 0.196 e. The molecule has 0 saturated heterocycles. The Balaban J connectivity index is 2.16. The number of halogens is 2. The van der Waals surface area contributed by atoms with Crippen LogP contribution in [0.3, 0.4) is 0 Å². The minimum atomic E-state index is -0.202. The van der Waals surface area contributed by atoms with E-state index in [0.29, 0.717) is 26.9 Å². The second-order valence-corrected chi connectivity index (χ2v) is 5.18. The monoisotopic (exact) mass is 317 g/mol. The zero-order valence-corrected chi connectivity index (χ0v) is 12.2. The van der Waals surface area contributed by atoms with Crippen LogP contribution in [0.15, 0.2) is 55.1 Å². The van der Waals surface area contributed by atoms with Crippen molar-refractivity contribution < 1.29 is 4.79 Å². The standard InChI is InChI=1S/C15H9Cl2N3O/c16-10-5-6-14(20-8-18-19-9-20)12(7-10)15(21)11-3-1-2-4-13(11)17/h1-9H. The molecule has 0 atom stereocenters. The molecule has 0 fully saturated rings. The van der Waals surface area contributed by atoms with E-state index in [4.69, 9.17) is 23.2 Å². The number of ketones is 1. The highest BCUT2D eigenvalue weighted by Gasteiger charge is 2.17. The van der Waals surface area contributed by atoms with Gasteiger partial charge >= 0.3 is 0 Å². The first-order valence-corrected chi connectivity index (χ1v) is 6.86. The van der Waals surface area contributed by atoms with Crippen LogP contribution in [0.25, 0.3) is 5.69 Å². The highest BCUT2D eigenvalue weighted by molar-refractivity contribution is 6.35. The summed E-state index contributed by atoms with van der Waals surface area (Å²) in [5.74, 6) is -0.202. The first kappa shape index (κ1) is 13.8. The normalized spacial score (nSPS) is 10.6. The number of rotatable bonds is 3. The molecule has 1 heterocycles. The Morgan fingerprint density at radius 1 is 0.952 bits per heavy atom. The maximum Gasteiger partial charge on any atom is 0.196 e. The summed E-state index contributed by atoms with van der Waals surface area (Å²) >= 11 is 12.1. The average Bonchev–Trinajstić information content (AvgIpc) is 3.01. The first-order chi connectivity index (χ1) is 10.2. The lowest BCUT2D eigenvalue weighted by Gasteiger charge is -2.10. The van der Waals surface area contributed by atoms with Crippen molar-refractivity contribution >= 4 is 29.0 Å². The predicted octanol–water partition coefficient (Wildman–Crippen LogP) is 3.81. The number of carbonyl (C=O) groups is 1. The zero-order valence-electron chi connectivity index (χ0n) is 10.7. The second kappa shape index (κ2) is 5.68. The lowest BCUT2D eigenvalue weighted by atomic mass is 10.0. The molecule has 0 aliphatic rings. The minimum Gasteiger partial charge on any atom is -0.288 e. The summed E-state index contributed by atoms with van der Waals surface area (Å²) < 4.78 is 1.65. The van der Waals surface area contributed by atoms with E-state index in [0.717, 1.165) is 0 Å². The Hall–Kier alpha value is -2.17. The van der Waals surface area contributed by atoms with Crippen molar-refractivity contribution in [3.05, 3.63) is 76.3 Å². The molecule has 3 rings (SSSR count). The Morgan fingerprint density at radius 3 is 2.38 bits per heavy atom. The fourth-order valence-corrected chi connectivity index (χ4v) is 2.42. The van der Waals surface area contributed by atoms with Crippen LogP contribution in [0.2, 0.25) is 10.0 Å². The van der Waals surface area contributed by atoms with E-state index in [-0.39, 0.29) is 5.78 Å². The van der Waals surface area contributed by atoms with E-state index in [1.54, 1.807) is 47.0 Å². The summed E-state index contributed by atoms with van der Waals surface area (Å²) in [6, 6.07) is 12.0. The van der Waals surface area contributed by atoms with Crippen LogP contribution in [0.4, 0.5) is 0 Å². The highest BCUT2D eigenvalue weighted by Crippen LogP contribution is 2.25. The van der Waals surface area contributed by atoms with Gasteiger partial charge in [0.15, 0.2) is 5.78 Å². The van der Waals surface area contributed by atoms with Crippen LogP contribution in [0, 0.1) is 0 Å². The molecule has 4 nitrogen and oxygen atoms in total. The van der Waals surface area contributed by atoms with Crippen molar-refractivity contribution in [3.8, 4) is 5.69 Å². The number of nitrogens with zero attached hydrogens (tertiary/aromatic N) is 3. The topological polar surface area (TPSA) is 47.8 Å². The molecule has 2 aromatic carbocycles. The molecule has 0 unspecified atom stereocenters. The van der Waals surface area contributed by atoms with Gasteiger partial charge in [-0.2, -0.15) is 0 Å². The molecule has 0 N–H and O–H groups in total. The third-order valence-electron chi connectivity index (χ3n) is 3.02. The minimum absolute atomic E-state index is 0.202. The van der Waals surface area contributed by atoms with Crippen molar-refractivity contribution in [1.29, 1.82) is 0 Å². The largest absolute Gasteiger partial charge is 0.288 e. The van der Waals surface area contributed by atoms with Crippen LogP contribution in [0.5, 0.6) is 0 Å². The Kier molecular flexibility index (Phi) is 3.73. The van der Waals surface area contributed by atoms with Crippen molar-refractivity contribution in [3.63, 3.8) is 0 Å². The third kappa shape index (κ3) is 2.68. The molecule has 0 radical (unpaired) electrons. The van der Waals surface area contributed by atoms with Crippen LogP contribution < -0.4 is 0 Å². The van der Waals surface area contributed by atoms with E-state index in [1.165, 1.54) is 12.7 Å². The summed E-state index contributed by atoms with van der Waals surface area (Å²) in [4.78, 5) is 12.7. The van der Waals surface area contributed by atoms with Gasteiger partial charge in [-0.05, 0) is 30.3 Å². The second-order valence-electron chi connectivity index (χ2n) is 4.34. The maximum absolute atomic E-state index is 12.7. The van der Waals surface area contributed by atoms with Gasteiger partial charge in [0.05, 0.1) is 10.7 Å². The lowest BCUT2D eigenvalue weighted by molar-refractivity contribution is 0.103. The Labute approximate surface area is 131 Å². The van der Waals surface area contributed by atoms with Crippen LogP contribution in [-0.4, -0.2) is 20.5 Å². The van der Waals surface area contributed by atoms with Gasteiger partial charge in [-0.3, -0.25) is 9.36 Å². The van der Waals surface area contributed by atoms with Gasteiger partial charge in [-0.15, -0.1) is 10.2 Å². The molecular formula is C15H9Cl2N3O. The van der Waals surface area contributed by atoms with Gasteiger partial charge in [0.2, 0.25) is 0 Å².